The maximum absolute atomic E-state index is 14.6. The molecule has 0 aliphatic carbocycles. The highest BCUT2D eigenvalue weighted by molar-refractivity contribution is 5.78. The van der Waals surface area contributed by atoms with Crippen molar-refractivity contribution in [1.29, 1.82) is 0 Å². The van der Waals surface area contributed by atoms with Gasteiger partial charge in [0.1, 0.15) is 5.76 Å². The average Bonchev–Trinajstić information content (AvgIpc) is 2.64. The van der Waals surface area contributed by atoms with Crippen LogP contribution in [0.15, 0.2) is 61.7 Å². The molecule has 0 saturated heterocycles. The summed E-state index contributed by atoms with van der Waals surface area (Å²) in [5.41, 5.74) is 5.45. The minimum absolute atomic E-state index is 0.250. The summed E-state index contributed by atoms with van der Waals surface area (Å²) in [4.78, 5) is 0. The van der Waals surface area contributed by atoms with Gasteiger partial charge >= 0.3 is 0 Å². The summed E-state index contributed by atoms with van der Waals surface area (Å²) in [5.74, 6) is 0.504. The second kappa shape index (κ2) is 9.08. The van der Waals surface area contributed by atoms with Crippen LogP contribution in [0.2, 0.25) is 0 Å². The highest BCUT2D eigenvalue weighted by Crippen LogP contribution is 2.30. The van der Waals surface area contributed by atoms with E-state index in [9.17, 15) is 4.39 Å². The molecule has 27 heavy (non-hydrogen) atoms. The number of methoxy groups -OCH3 is 1. The molecule has 4 heteroatoms. The zero-order valence-electron chi connectivity index (χ0n) is 16.4. The van der Waals surface area contributed by atoms with E-state index in [1.165, 1.54) is 13.4 Å². The number of ether oxygens (including phenoxy) is 2. The van der Waals surface area contributed by atoms with E-state index in [1.54, 1.807) is 31.4 Å². The fourth-order valence-corrected chi connectivity index (χ4v) is 3.01. The lowest BCUT2D eigenvalue weighted by molar-refractivity contribution is 0.371. The third-order valence-electron chi connectivity index (χ3n) is 4.44. The molecular formula is C23H26FNO2. The van der Waals surface area contributed by atoms with Crippen LogP contribution in [0.5, 0.6) is 5.75 Å². The van der Waals surface area contributed by atoms with Gasteiger partial charge in [-0.3, -0.25) is 0 Å². The Kier molecular flexibility index (Phi) is 6.83. The molecule has 0 saturated carbocycles. The first-order chi connectivity index (χ1) is 12.9. The van der Waals surface area contributed by atoms with Crippen LogP contribution in [0.4, 0.5) is 4.39 Å². The van der Waals surface area contributed by atoms with Crippen LogP contribution in [0.1, 0.15) is 27.8 Å². The number of rotatable bonds is 8. The van der Waals surface area contributed by atoms with E-state index in [1.807, 2.05) is 19.9 Å². The third-order valence-corrected chi connectivity index (χ3v) is 4.44. The number of benzene rings is 2. The smallest absolute Gasteiger partial charge is 0.168 e. The van der Waals surface area contributed by atoms with Crippen molar-refractivity contribution in [3.8, 4) is 5.75 Å². The lowest BCUT2D eigenvalue weighted by Gasteiger charge is -2.16. The highest BCUT2D eigenvalue weighted by atomic mass is 19.1. The predicted molar refractivity (Wildman–Crippen MR) is 109 cm³/mol. The Hall–Kier alpha value is -3.01. The molecule has 0 amide bonds. The summed E-state index contributed by atoms with van der Waals surface area (Å²) < 4.78 is 25.1. The Morgan fingerprint density at radius 2 is 1.93 bits per heavy atom. The number of hydrogen-bond acceptors (Lipinski definition) is 3. The quantitative estimate of drug-likeness (QED) is 0.509. The average molecular weight is 367 g/mol. The van der Waals surface area contributed by atoms with Crippen molar-refractivity contribution in [3.63, 3.8) is 0 Å². The van der Waals surface area contributed by atoms with Gasteiger partial charge in [-0.15, -0.1) is 0 Å². The van der Waals surface area contributed by atoms with Crippen LogP contribution in [-0.4, -0.2) is 14.2 Å². The van der Waals surface area contributed by atoms with E-state index < -0.39 is 0 Å². The number of nitrogens with one attached hydrogen (secondary N) is 1. The monoisotopic (exact) mass is 367 g/mol. The van der Waals surface area contributed by atoms with E-state index in [-0.39, 0.29) is 11.6 Å². The Morgan fingerprint density at radius 1 is 1.19 bits per heavy atom. The number of aryl methyl sites for hydroxylation is 2. The SMILES string of the molecule is C=CO/C(=C/NC)C(=C)c1cc(Cc2cccc(OC)c2F)c(C)cc1C. The van der Waals surface area contributed by atoms with Crippen molar-refractivity contribution in [3.05, 3.63) is 95.3 Å². The first-order valence-corrected chi connectivity index (χ1v) is 8.69. The summed E-state index contributed by atoms with van der Waals surface area (Å²) in [6.07, 6.45) is 3.55. The summed E-state index contributed by atoms with van der Waals surface area (Å²) >= 11 is 0. The minimum atomic E-state index is -0.328. The summed E-state index contributed by atoms with van der Waals surface area (Å²) in [6, 6.07) is 9.32. The molecule has 2 rings (SSSR count). The molecular weight excluding hydrogens is 341 g/mol. The van der Waals surface area contributed by atoms with Gasteiger partial charge in [0.05, 0.1) is 13.4 Å². The van der Waals surface area contributed by atoms with Crippen molar-refractivity contribution < 1.29 is 13.9 Å². The van der Waals surface area contributed by atoms with Crippen molar-refractivity contribution in [2.24, 2.45) is 0 Å². The first kappa shape index (κ1) is 20.3. The van der Waals surface area contributed by atoms with Gasteiger partial charge in [-0.05, 0) is 47.7 Å². The molecule has 0 spiro atoms. The van der Waals surface area contributed by atoms with Crippen LogP contribution < -0.4 is 10.1 Å². The zero-order chi connectivity index (χ0) is 20.0. The Labute approximate surface area is 160 Å². The number of allylic oxidation sites excluding steroid dienone is 1. The molecule has 0 bridgehead atoms. The Bertz CT molecular complexity index is 884. The van der Waals surface area contributed by atoms with Crippen molar-refractivity contribution >= 4 is 5.57 Å². The Morgan fingerprint density at radius 3 is 2.56 bits per heavy atom. The van der Waals surface area contributed by atoms with Crippen molar-refractivity contribution in [2.75, 3.05) is 14.2 Å². The van der Waals surface area contributed by atoms with E-state index in [2.05, 4.69) is 24.5 Å². The van der Waals surface area contributed by atoms with Crippen molar-refractivity contribution in [2.45, 2.75) is 20.3 Å². The second-order valence-corrected chi connectivity index (χ2v) is 6.26. The van der Waals surface area contributed by atoms with Crippen LogP contribution >= 0.6 is 0 Å². The maximum Gasteiger partial charge on any atom is 0.168 e. The molecule has 0 aromatic heterocycles. The number of hydrogen-bond donors (Lipinski definition) is 1. The Balaban J connectivity index is 2.46. The molecule has 0 fully saturated rings. The van der Waals surface area contributed by atoms with Gasteiger partial charge < -0.3 is 14.8 Å². The van der Waals surface area contributed by atoms with Gasteiger partial charge in [0.15, 0.2) is 11.6 Å². The van der Waals surface area contributed by atoms with Gasteiger partial charge in [0.2, 0.25) is 0 Å². The maximum atomic E-state index is 14.6. The van der Waals surface area contributed by atoms with Gasteiger partial charge in [-0.1, -0.05) is 37.4 Å². The molecule has 142 valence electrons. The molecule has 2 aromatic carbocycles. The first-order valence-electron chi connectivity index (χ1n) is 8.69. The van der Waals surface area contributed by atoms with Crippen molar-refractivity contribution in [1.82, 2.24) is 5.32 Å². The highest BCUT2D eigenvalue weighted by Gasteiger charge is 2.15. The normalized spacial score (nSPS) is 11.1. The molecule has 3 nitrogen and oxygen atoms in total. The van der Waals surface area contributed by atoms with Crippen LogP contribution in [0.25, 0.3) is 5.57 Å². The third kappa shape index (κ3) is 4.59. The second-order valence-electron chi connectivity index (χ2n) is 6.26. The molecule has 0 aliphatic rings. The molecule has 0 atom stereocenters. The lowest BCUT2D eigenvalue weighted by Crippen LogP contribution is -2.03. The lowest BCUT2D eigenvalue weighted by atomic mass is 9.91. The summed E-state index contributed by atoms with van der Waals surface area (Å²) in [6.45, 7) is 11.8. The van der Waals surface area contributed by atoms with Gasteiger partial charge in [0.25, 0.3) is 0 Å². The predicted octanol–water partition coefficient (Wildman–Crippen LogP) is 5.28. The minimum Gasteiger partial charge on any atom is -0.494 e. The van der Waals surface area contributed by atoms with E-state index in [4.69, 9.17) is 9.47 Å². The van der Waals surface area contributed by atoms with Crippen LogP contribution in [0, 0.1) is 19.7 Å². The van der Waals surface area contributed by atoms with E-state index in [0.29, 0.717) is 17.7 Å². The topological polar surface area (TPSA) is 30.5 Å². The standard InChI is InChI=1S/C23H26FNO2/c1-7-27-22(14-25-5)17(4)20-13-19(15(2)11-16(20)3)12-18-9-8-10-21(26-6)23(18)24/h7-11,13-14,25H,1,4,12H2,2-3,5-6H3/b22-14+. The van der Waals surface area contributed by atoms with Gasteiger partial charge in [0, 0.05) is 25.2 Å². The molecule has 2 aromatic rings. The fraction of sp³-hybridized carbons (Fsp3) is 0.217. The molecule has 0 heterocycles. The van der Waals surface area contributed by atoms with Crippen LogP contribution in [0.3, 0.4) is 0 Å². The summed E-state index contributed by atoms with van der Waals surface area (Å²) in [5, 5.41) is 2.95. The van der Waals surface area contributed by atoms with Gasteiger partial charge in [-0.2, -0.15) is 0 Å². The zero-order valence-corrected chi connectivity index (χ0v) is 16.4. The number of halogens is 1. The largest absolute Gasteiger partial charge is 0.494 e. The fourth-order valence-electron chi connectivity index (χ4n) is 3.01. The summed E-state index contributed by atoms with van der Waals surface area (Å²) in [7, 11) is 3.26. The molecule has 0 radical (unpaired) electrons. The molecule has 1 N–H and O–H groups in total. The van der Waals surface area contributed by atoms with E-state index >= 15 is 0 Å². The molecule has 0 aliphatic heterocycles. The molecule has 0 unspecified atom stereocenters. The van der Waals surface area contributed by atoms with Crippen LogP contribution in [-0.2, 0) is 11.2 Å². The van der Waals surface area contributed by atoms with E-state index in [0.717, 1.165) is 27.8 Å². The van der Waals surface area contributed by atoms with Gasteiger partial charge in [-0.25, -0.2) is 4.39 Å².